The summed E-state index contributed by atoms with van der Waals surface area (Å²) in [6.07, 6.45) is 0. The molecule has 1 aliphatic heterocycles. The average molecular weight is 414 g/mol. The van der Waals surface area contributed by atoms with Gasteiger partial charge in [0.2, 0.25) is 5.91 Å². The third-order valence-corrected chi connectivity index (χ3v) is 6.15. The van der Waals surface area contributed by atoms with Gasteiger partial charge in [0, 0.05) is 37.6 Å². The van der Waals surface area contributed by atoms with Crippen molar-refractivity contribution in [3.8, 4) is 0 Å². The Balaban J connectivity index is 1.54. The number of nitrogens with zero attached hydrogens (tertiary/aromatic N) is 2. The highest BCUT2D eigenvalue weighted by molar-refractivity contribution is 5.96. The minimum atomic E-state index is -0.305. The molecule has 1 aliphatic rings. The van der Waals surface area contributed by atoms with Crippen LogP contribution in [0.4, 0.5) is 11.4 Å². The molecule has 1 amide bonds. The van der Waals surface area contributed by atoms with Crippen molar-refractivity contribution in [2.45, 2.75) is 26.8 Å². The van der Waals surface area contributed by atoms with Gasteiger partial charge in [-0.25, -0.2) is 0 Å². The van der Waals surface area contributed by atoms with Crippen LogP contribution in [0.25, 0.3) is 0 Å². The Morgan fingerprint density at radius 2 is 1.48 bits per heavy atom. The third-order valence-electron chi connectivity index (χ3n) is 6.15. The van der Waals surface area contributed by atoms with Crippen LogP contribution in [0.1, 0.15) is 28.3 Å². The van der Waals surface area contributed by atoms with Crippen molar-refractivity contribution in [2.24, 2.45) is 0 Å². The van der Waals surface area contributed by atoms with Crippen LogP contribution < -0.4 is 10.2 Å². The minimum absolute atomic E-state index is 0.0317. The van der Waals surface area contributed by atoms with Crippen LogP contribution in [0.5, 0.6) is 0 Å². The maximum Gasteiger partial charge on any atom is 0.246 e. The van der Waals surface area contributed by atoms with E-state index in [2.05, 4.69) is 77.5 Å². The zero-order valence-electron chi connectivity index (χ0n) is 18.6. The number of aryl methyl sites for hydroxylation is 3. The number of anilines is 2. The van der Waals surface area contributed by atoms with E-state index in [0.717, 1.165) is 48.6 Å². The van der Waals surface area contributed by atoms with E-state index in [1.807, 2.05) is 31.2 Å². The van der Waals surface area contributed by atoms with Gasteiger partial charge < -0.3 is 10.2 Å². The quantitative estimate of drug-likeness (QED) is 0.631. The standard InChI is InChI=1S/C27H31N3O/c1-20-13-14-21(2)24(19-20)28-27(31)26(23-10-5-4-6-11-23)30-17-15-29(16-18-30)25-12-8-7-9-22(25)3/h4-14,19,26H,15-18H2,1-3H3,(H,28,31)/t26-/m1/s1. The minimum Gasteiger partial charge on any atom is -0.369 e. The smallest absolute Gasteiger partial charge is 0.246 e. The third kappa shape index (κ3) is 4.80. The molecule has 1 atom stereocenters. The molecule has 0 saturated carbocycles. The summed E-state index contributed by atoms with van der Waals surface area (Å²) in [7, 11) is 0. The molecule has 0 aliphatic carbocycles. The van der Waals surface area contributed by atoms with Gasteiger partial charge in [0.25, 0.3) is 0 Å². The van der Waals surface area contributed by atoms with Crippen LogP contribution in [0, 0.1) is 20.8 Å². The number of para-hydroxylation sites is 1. The number of rotatable bonds is 5. The van der Waals surface area contributed by atoms with Gasteiger partial charge in [-0.2, -0.15) is 0 Å². The Bertz CT molecular complexity index is 1040. The van der Waals surface area contributed by atoms with Crippen molar-refractivity contribution in [1.82, 2.24) is 4.90 Å². The second-order valence-corrected chi connectivity index (χ2v) is 8.43. The molecule has 1 N–H and O–H groups in total. The molecule has 0 spiro atoms. The monoisotopic (exact) mass is 413 g/mol. The van der Waals surface area contributed by atoms with Gasteiger partial charge in [-0.3, -0.25) is 9.69 Å². The second-order valence-electron chi connectivity index (χ2n) is 8.43. The molecule has 160 valence electrons. The van der Waals surface area contributed by atoms with Crippen LogP contribution in [-0.2, 0) is 4.79 Å². The van der Waals surface area contributed by atoms with Gasteiger partial charge >= 0.3 is 0 Å². The van der Waals surface area contributed by atoms with Crippen LogP contribution >= 0.6 is 0 Å². The van der Waals surface area contributed by atoms with Crippen molar-refractivity contribution in [1.29, 1.82) is 0 Å². The number of benzene rings is 3. The Labute approximate surface area is 185 Å². The van der Waals surface area contributed by atoms with Crippen molar-refractivity contribution in [3.63, 3.8) is 0 Å². The van der Waals surface area contributed by atoms with E-state index in [-0.39, 0.29) is 11.9 Å². The van der Waals surface area contributed by atoms with Crippen LogP contribution in [0.3, 0.4) is 0 Å². The molecule has 4 heteroatoms. The fourth-order valence-electron chi connectivity index (χ4n) is 4.37. The zero-order chi connectivity index (χ0) is 21.8. The molecule has 0 radical (unpaired) electrons. The molecule has 0 unspecified atom stereocenters. The van der Waals surface area contributed by atoms with Gasteiger partial charge in [0.15, 0.2) is 0 Å². The Kier molecular flexibility index (Phi) is 6.38. The van der Waals surface area contributed by atoms with E-state index in [1.165, 1.54) is 11.3 Å². The number of piperazine rings is 1. The summed E-state index contributed by atoms with van der Waals surface area (Å²) < 4.78 is 0. The van der Waals surface area contributed by atoms with Gasteiger partial charge in [-0.05, 0) is 55.2 Å². The lowest BCUT2D eigenvalue weighted by molar-refractivity contribution is -0.121. The van der Waals surface area contributed by atoms with E-state index < -0.39 is 0 Å². The number of nitrogens with one attached hydrogen (secondary N) is 1. The van der Waals surface area contributed by atoms with E-state index >= 15 is 0 Å². The van der Waals surface area contributed by atoms with Crippen LogP contribution in [-0.4, -0.2) is 37.0 Å². The second kappa shape index (κ2) is 9.36. The molecule has 1 heterocycles. The number of amides is 1. The van der Waals surface area contributed by atoms with Gasteiger partial charge in [0.05, 0.1) is 0 Å². The van der Waals surface area contributed by atoms with E-state index in [1.54, 1.807) is 0 Å². The normalized spacial score (nSPS) is 15.5. The molecule has 31 heavy (non-hydrogen) atoms. The lowest BCUT2D eigenvalue weighted by Crippen LogP contribution is -2.50. The zero-order valence-corrected chi connectivity index (χ0v) is 18.6. The summed E-state index contributed by atoms with van der Waals surface area (Å²) in [5, 5.41) is 3.20. The molecule has 0 aromatic heterocycles. The molecule has 3 aromatic rings. The molecule has 1 fully saturated rings. The lowest BCUT2D eigenvalue weighted by Gasteiger charge is -2.40. The van der Waals surface area contributed by atoms with Crippen LogP contribution in [0.15, 0.2) is 72.8 Å². The fourth-order valence-corrected chi connectivity index (χ4v) is 4.37. The summed E-state index contributed by atoms with van der Waals surface area (Å²) in [6, 6.07) is 24.5. The van der Waals surface area contributed by atoms with Gasteiger partial charge in [-0.1, -0.05) is 60.7 Å². The first-order chi connectivity index (χ1) is 15.0. The molecule has 4 rings (SSSR count). The van der Waals surface area contributed by atoms with Crippen molar-refractivity contribution < 1.29 is 4.79 Å². The molecule has 0 bridgehead atoms. The number of carbonyl (C=O) groups is 1. The summed E-state index contributed by atoms with van der Waals surface area (Å²) in [5.74, 6) is 0.0317. The molecular weight excluding hydrogens is 382 g/mol. The highest BCUT2D eigenvalue weighted by atomic mass is 16.2. The fraction of sp³-hybridized carbons (Fsp3) is 0.296. The number of carbonyl (C=O) groups excluding carboxylic acids is 1. The highest BCUT2D eigenvalue weighted by Crippen LogP contribution is 2.28. The predicted molar refractivity (Wildman–Crippen MR) is 129 cm³/mol. The average Bonchev–Trinajstić information content (AvgIpc) is 2.78. The summed E-state index contributed by atoms with van der Waals surface area (Å²) in [5.41, 5.74) is 6.74. The first-order valence-corrected chi connectivity index (χ1v) is 11.0. The topological polar surface area (TPSA) is 35.6 Å². The summed E-state index contributed by atoms with van der Waals surface area (Å²) >= 11 is 0. The van der Waals surface area contributed by atoms with Crippen molar-refractivity contribution in [3.05, 3.63) is 95.1 Å². The summed E-state index contributed by atoms with van der Waals surface area (Å²) in [6.45, 7) is 9.74. The largest absolute Gasteiger partial charge is 0.369 e. The Morgan fingerprint density at radius 3 is 2.19 bits per heavy atom. The molecule has 1 saturated heterocycles. The van der Waals surface area contributed by atoms with Crippen molar-refractivity contribution in [2.75, 3.05) is 36.4 Å². The SMILES string of the molecule is Cc1ccc(C)c(NC(=O)[C@@H](c2ccccc2)N2CCN(c3ccccc3C)CC2)c1. The lowest BCUT2D eigenvalue weighted by atomic mass is 10.0. The Hall–Kier alpha value is -3.11. The number of hydrogen-bond donors (Lipinski definition) is 1. The molecule has 3 aromatic carbocycles. The maximum atomic E-state index is 13.5. The van der Waals surface area contributed by atoms with Crippen LogP contribution in [0.2, 0.25) is 0 Å². The van der Waals surface area contributed by atoms with Crippen molar-refractivity contribution >= 4 is 17.3 Å². The number of hydrogen-bond acceptors (Lipinski definition) is 3. The molecule has 4 nitrogen and oxygen atoms in total. The Morgan fingerprint density at radius 1 is 0.806 bits per heavy atom. The molecular formula is C27H31N3O. The maximum absolute atomic E-state index is 13.5. The van der Waals surface area contributed by atoms with E-state index in [9.17, 15) is 4.79 Å². The van der Waals surface area contributed by atoms with Gasteiger partial charge in [0.1, 0.15) is 6.04 Å². The highest BCUT2D eigenvalue weighted by Gasteiger charge is 2.31. The predicted octanol–water partition coefficient (Wildman–Crippen LogP) is 5.11. The van der Waals surface area contributed by atoms with Gasteiger partial charge in [-0.15, -0.1) is 0 Å². The first-order valence-electron chi connectivity index (χ1n) is 11.0. The summed E-state index contributed by atoms with van der Waals surface area (Å²) in [4.78, 5) is 18.3. The first kappa shape index (κ1) is 21.1. The van der Waals surface area contributed by atoms with E-state index in [0.29, 0.717) is 0 Å². The van der Waals surface area contributed by atoms with E-state index in [4.69, 9.17) is 0 Å².